The summed E-state index contributed by atoms with van der Waals surface area (Å²) >= 11 is 0. The van der Waals surface area contributed by atoms with Crippen molar-refractivity contribution in [2.45, 2.75) is 40.7 Å². The fourth-order valence-corrected chi connectivity index (χ4v) is 6.65. The Kier molecular flexibility index (Phi) is 6.48. The fourth-order valence-electron chi connectivity index (χ4n) is 4.34. The minimum absolute atomic E-state index is 0.00421. The number of halogens is 1. The van der Waals surface area contributed by atoms with E-state index in [9.17, 15) is 26.0 Å². The van der Waals surface area contributed by atoms with Crippen LogP contribution in [0.15, 0.2) is 46.2 Å². The number of carbonyl (C=O) groups is 1. The van der Waals surface area contributed by atoms with Gasteiger partial charge < -0.3 is 14.5 Å². The van der Waals surface area contributed by atoms with Gasteiger partial charge in [0.25, 0.3) is 5.91 Å². The Bertz CT molecular complexity index is 1390. The fraction of sp³-hybridized carbons (Fsp3) is 0.480. The number of hydrogen-bond acceptors (Lipinski definition) is 7. The zero-order valence-corrected chi connectivity index (χ0v) is 21.7. The lowest BCUT2D eigenvalue weighted by molar-refractivity contribution is 0.0741. The quantitative estimate of drug-likeness (QED) is 0.511. The Balaban J connectivity index is 1.30. The SMILES string of the molecule is CS(=O)(=O)c1ccc(OCC2CC2)c(C(=O)N2CCN(c3ccc(S(=O)(=O)C4CC4)cc3F)CC2)c1. The van der Waals surface area contributed by atoms with Gasteiger partial charge in [-0.2, -0.15) is 0 Å². The number of ether oxygens (including phenoxy) is 1. The molecule has 1 aliphatic heterocycles. The summed E-state index contributed by atoms with van der Waals surface area (Å²) in [7, 11) is -6.99. The minimum atomic E-state index is -3.51. The highest BCUT2D eigenvalue weighted by atomic mass is 32.2. The third kappa shape index (κ3) is 5.22. The van der Waals surface area contributed by atoms with E-state index in [4.69, 9.17) is 4.74 Å². The van der Waals surface area contributed by atoms with Crippen molar-refractivity contribution in [3.63, 3.8) is 0 Å². The van der Waals surface area contributed by atoms with Crippen LogP contribution in [0.1, 0.15) is 36.0 Å². The van der Waals surface area contributed by atoms with Gasteiger partial charge in [-0.25, -0.2) is 21.2 Å². The summed E-state index contributed by atoms with van der Waals surface area (Å²) in [5.41, 5.74) is 0.497. The molecule has 0 spiro atoms. The Morgan fingerprint density at radius 1 is 0.944 bits per heavy atom. The van der Waals surface area contributed by atoms with Gasteiger partial charge in [-0.05, 0) is 68.0 Å². The molecule has 1 amide bonds. The van der Waals surface area contributed by atoms with Gasteiger partial charge in [0, 0.05) is 32.4 Å². The maximum absolute atomic E-state index is 14.9. The van der Waals surface area contributed by atoms with E-state index in [2.05, 4.69) is 0 Å². The van der Waals surface area contributed by atoms with E-state index in [1.807, 2.05) is 0 Å². The van der Waals surface area contributed by atoms with Crippen LogP contribution < -0.4 is 9.64 Å². The zero-order valence-electron chi connectivity index (χ0n) is 20.0. The molecule has 0 N–H and O–H groups in total. The number of benzene rings is 2. The van der Waals surface area contributed by atoms with Gasteiger partial charge in [-0.1, -0.05) is 0 Å². The molecule has 0 bridgehead atoms. The smallest absolute Gasteiger partial charge is 0.257 e. The average molecular weight is 537 g/mol. The molecule has 2 saturated carbocycles. The number of piperazine rings is 1. The lowest BCUT2D eigenvalue weighted by atomic mass is 10.1. The van der Waals surface area contributed by atoms with E-state index in [-0.39, 0.29) is 21.3 Å². The van der Waals surface area contributed by atoms with Crippen molar-refractivity contribution < 1.29 is 30.8 Å². The number of nitrogens with zero attached hydrogens (tertiary/aromatic N) is 2. The predicted molar refractivity (Wildman–Crippen MR) is 132 cm³/mol. The molecule has 2 aromatic carbocycles. The van der Waals surface area contributed by atoms with Crippen molar-refractivity contribution in [1.82, 2.24) is 4.90 Å². The van der Waals surface area contributed by atoms with E-state index < -0.39 is 30.7 Å². The van der Waals surface area contributed by atoms with Crippen molar-refractivity contribution >= 4 is 31.3 Å². The maximum Gasteiger partial charge on any atom is 0.257 e. The van der Waals surface area contributed by atoms with Gasteiger partial charge in [-0.3, -0.25) is 4.79 Å². The Morgan fingerprint density at radius 3 is 2.19 bits per heavy atom. The molecule has 8 nitrogen and oxygen atoms in total. The molecule has 11 heteroatoms. The van der Waals surface area contributed by atoms with Crippen LogP contribution in [0, 0.1) is 11.7 Å². The summed E-state index contributed by atoms with van der Waals surface area (Å²) in [5, 5.41) is -0.406. The van der Waals surface area contributed by atoms with E-state index >= 15 is 0 Å². The van der Waals surface area contributed by atoms with E-state index in [1.165, 1.54) is 30.3 Å². The minimum Gasteiger partial charge on any atom is -0.492 e. The van der Waals surface area contributed by atoms with Crippen LogP contribution >= 0.6 is 0 Å². The van der Waals surface area contributed by atoms with Crippen molar-refractivity contribution in [3.8, 4) is 5.75 Å². The number of hydrogen-bond donors (Lipinski definition) is 0. The van der Waals surface area contributed by atoms with Gasteiger partial charge in [0.05, 0.1) is 32.9 Å². The molecule has 2 aliphatic carbocycles. The molecule has 0 atom stereocenters. The third-order valence-electron chi connectivity index (χ3n) is 6.90. The van der Waals surface area contributed by atoms with Gasteiger partial charge in [0.2, 0.25) is 0 Å². The molecule has 36 heavy (non-hydrogen) atoms. The molecule has 5 rings (SSSR count). The summed E-state index contributed by atoms with van der Waals surface area (Å²) < 4.78 is 69.7. The lowest BCUT2D eigenvalue weighted by Gasteiger charge is -2.36. The molecular weight excluding hydrogens is 507 g/mol. The van der Waals surface area contributed by atoms with Crippen molar-refractivity contribution in [2.24, 2.45) is 5.92 Å². The number of rotatable bonds is 8. The second-order valence-corrected chi connectivity index (χ2v) is 14.1. The van der Waals surface area contributed by atoms with Crippen LogP contribution in [0.5, 0.6) is 5.75 Å². The number of carbonyl (C=O) groups excluding carboxylic acids is 1. The van der Waals surface area contributed by atoms with Gasteiger partial charge in [0.15, 0.2) is 19.7 Å². The average Bonchev–Trinajstić information content (AvgIpc) is 3.75. The normalized spacial score (nSPS) is 18.8. The van der Waals surface area contributed by atoms with Gasteiger partial charge in [0.1, 0.15) is 11.6 Å². The Hall–Kier alpha value is -2.66. The number of amides is 1. The molecule has 0 radical (unpaired) electrons. The molecular formula is C25H29FN2O6S2. The van der Waals surface area contributed by atoms with Crippen molar-refractivity contribution in [1.29, 1.82) is 0 Å². The first kappa shape index (κ1) is 25.0. The second-order valence-electron chi connectivity index (χ2n) is 9.82. The number of sulfone groups is 2. The predicted octanol–water partition coefficient (Wildman–Crippen LogP) is 2.92. The van der Waals surface area contributed by atoms with Crippen LogP contribution in [0.4, 0.5) is 10.1 Å². The van der Waals surface area contributed by atoms with Crippen LogP contribution in [-0.4, -0.2) is 71.9 Å². The maximum atomic E-state index is 14.9. The van der Waals surface area contributed by atoms with Crippen LogP contribution in [0.3, 0.4) is 0 Å². The van der Waals surface area contributed by atoms with Crippen LogP contribution in [-0.2, 0) is 19.7 Å². The third-order valence-corrected chi connectivity index (χ3v) is 10.3. The lowest BCUT2D eigenvalue weighted by Crippen LogP contribution is -2.49. The highest BCUT2D eigenvalue weighted by Gasteiger charge is 2.37. The Morgan fingerprint density at radius 2 is 1.61 bits per heavy atom. The molecule has 0 aromatic heterocycles. The largest absolute Gasteiger partial charge is 0.492 e. The summed E-state index contributed by atoms with van der Waals surface area (Å²) in [5.74, 6) is -0.114. The van der Waals surface area contributed by atoms with E-state index in [0.29, 0.717) is 63.0 Å². The number of anilines is 1. The molecule has 1 saturated heterocycles. The van der Waals surface area contributed by atoms with E-state index in [0.717, 1.165) is 25.2 Å². The monoisotopic (exact) mass is 536 g/mol. The first-order valence-electron chi connectivity index (χ1n) is 12.1. The summed E-state index contributed by atoms with van der Waals surface area (Å²) in [4.78, 5) is 16.8. The molecule has 194 valence electrons. The standard InChI is InChI=1S/C25H29FN2O6S2/c1-35(30,31)19-7-9-24(34-16-17-2-3-17)21(14-19)25(29)28-12-10-27(11-13-28)23-8-6-20(15-22(23)26)36(32,33)18-4-5-18/h6-9,14-15,17-18H,2-5,10-13,16H2,1H3. The second kappa shape index (κ2) is 9.33. The van der Waals surface area contributed by atoms with Crippen LogP contribution in [0.25, 0.3) is 0 Å². The summed E-state index contributed by atoms with van der Waals surface area (Å²) in [6.07, 6.45) is 4.48. The Labute approximate surface area is 210 Å². The topological polar surface area (TPSA) is 101 Å². The first-order chi connectivity index (χ1) is 17.0. The highest BCUT2D eigenvalue weighted by molar-refractivity contribution is 7.92. The molecule has 3 fully saturated rings. The van der Waals surface area contributed by atoms with Crippen molar-refractivity contribution in [3.05, 3.63) is 47.8 Å². The zero-order chi connectivity index (χ0) is 25.7. The van der Waals surface area contributed by atoms with Gasteiger partial charge >= 0.3 is 0 Å². The summed E-state index contributed by atoms with van der Waals surface area (Å²) in [6, 6.07) is 8.37. The van der Waals surface area contributed by atoms with Crippen LogP contribution in [0.2, 0.25) is 0 Å². The highest BCUT2D eigenvalue weighted by Crippen LogP contribution is 2.35. The van der Waals surface area contributed by atoms with Gasteiger partial charge in [-0.15, -0.1) is 0 Å². The molecule has 0 unspecified atom stereocenters. The molecule has 3 aliphatic rings. The molecule has 1 heterocycles. The summed E-state index contributed by atoms with van der Waals surface area (Å²) in [6.45, 7) is 1.78. The van der Waals surface area contributed by atoms with Crippen molar-refractivity contribution in [2.75, 3.05) is 43.9 Å². The molecule has 2 aromatic rings. The first-order valence-corrected chi connectivity index (χ1v) is 15.5. The van der Waals surface area contributed by atoms with E-state index in [1.54, 1.807) is 9.80 Å².